The Morgan fingerprint density at radius 1 is 0.650 bits per heavy atom. The summed E-state index contributed by atoms with van der Waals surface area (Å²) in [5, 5.41) is 7.67. The Bertz CT molecular complexity index is 1630. The van der Waals surface area contributed by atoms with E-state index in [1.165, 1.54) is 26.0 Å². The first-order valence-corrected chi connectivity index (χ1v) is 13.6. The number of hydrogen-bond donors (Lipinski definition) is 2. The van der Waals surface area contributed by atoms with Crippen molar-refractivity contribution in [2.24, 2.45) is 0 Å². The van der Waals surface area contributed by atoms with Crippen molar-refractivity contribution in [2.45, 2.75) is 10.1 Å². The van der Waals surface area contributed by atoms with E-state index in [1.54, 1.807) is 24.3 Å². The van der Waals surface area contributed by atoms with Crippen molar-refractivity contribution < 1.29 is 19.1 Å². The molecular formula is C33H28N2O4S. The third-order valence-electron chi connectivity index (χ3n) is 6.36. The zero-order valence-electron chi connectivity index (χ0n) is 22.1. The minimum absolute atomic E-state index is 0.139. The van der Waals surface area contributed by atoms with Crippen molar-refractivity contribution in [3.8, 4) is 11.5 Å². The van der Waals surface area contributed by atoms with Crippen molar-refractivity contribution >= 4 is 45.7 Å². The molecule has 5 aromatic carbocycles. The zero-order valence-corrected chi connectivity index (χ0v) is 22.9. The first kappa shape index (κ1) is 26.8. The summed E-state index contributed by atoms with van der Waals surface area (Å²) in [5.41, 5.74) is 2.50. The van der Waals surface area contributed by atoms with E-state index in [2.05, 4.69) is 10.6 Å². The molecule has 0 saturated carbocycles. The first-order chi connectivity index (χ1) is 19.6. The number of hydrogen-bond acceptors (Lipinski definition) is 5. The molecule has 1 unspecified atom stereocenters. The van der Waals surface area contributed by atoms with Gasteiger partial charge in [-0.2, -0.15) is 0 Å². The largest absolute Gasteiger partial charge is 0.496 e. The van der Waals surface area contributed by atoms with Gasteiger partial charge in [-0.25, -0.2) is 0 Å². The van der Waals surface area contributed by atoms with Crippen LogP contribution in [0.5, 0.6) is 11.5 Å². The molecular weight excluding hydrogens is 520 g/mol. The Hall–Kier alpha value is -4.75. The highest BCUT2D eigenvalue weighted by molar-refractivity contribution is 8.00. The summed E-state index contributed by atoms with van der Waals surface area (Å²) in [7, 11) is 3.02. The second kappa shape index (κ2) is 12.4. The van der Waals surface area contributed by atoms with Crippen LogP contribution in [-0.2, 0) is 4.79 Å². The number of nitrogens with one attached hydrogen (secondary N) is 2. The number of methoxy groups -OCH3 is 2. The smallest absolute Gasteiger partial charge is 0.263 e. The summed E-state index contributed by atoms with van der Waals surface area (Å²) < 4.78 is 10.8. The van der Waals surface area contributed by atoms with E-state index in [-0.39, 0.29) is 11.8 Å². The van der Waals surface area contributed by atoms with Crippen LogP contribution < -0.4 is 20.1 Å². The molecule has 0 radical (unpaired) electrons. The molecule has 0 aliphatic carbocycles. The van der Waals surface area contributed by atoms with Crippen LogP contribution in [-0.4, -0.2) is 26.0 Å². The van der Waals surface area contributed by atoms with Gasteiger partial charge in [0.2, 0.25) is 5.91 Å². The van der Waals surface area contributed by atoms with Gasteiger partial charge in [0.25, 0.3) is 5.91 Å². The van der Waals surface area contributed by atoms with Crippen LogP contribution >= 0.6 is 11.8 Å². The van der Waals surface area contributed by atoms with E-state index in [1.807, 2.05) is 91.0 Å². The zero-order chi connectivity index (χ0) is 27.9. The van der Waals surface area contributed by atoms with Crippen molar-refractivity contribution in [1.29, 1.82) is 0 Å². The molecule has 200 valence electrons. The molecule has 0 saturated heterocycles. The first-order valence-electron chi connectivity index (χ1n) is 12.7. The molecule has 2 N–H and O–H groups in total. The van der Waals surface area contributed by atoms with Gasteiger partial charge in [-0.15, -0.1) is 11.8 Å². The monoisotopic (exact) mass is 548 g/mol. The molecule has 0 bridgehead atoms. The number of amides is 2. The summed E-state index contributed by atoms with van der Waals surface area (Å²) in [6.45, 7) is 0. The third kappa shape index (κ3) is 6.11. The Labute approximate surface area is 237 Å². The van der Waals surface area contributed by atoms with E-state index in [4.69, 9.17) is 9.47 Å². The highest BCUT2D eigenvalue weighted by Gasteiger charge is 2.23. The van der Waals surface area contributed by atoms with Crippen molar-refractivity contribution in [3.63, 3.8) is 0 Å². The predicted molar refractivity (Wildman–Crippen MR) is 162 cm³/mol. The highest BCUT2D eigenvalue weighted by atomic mass is 32.2. The van der Waals surface area contributed by atoms with Gasteiger partial charge in [-0.05, 0) is 58.8 Å². The molecule has 5 aromatic rings. The molecule has 40 heavy (non-hydrogen) atoms. The molecule has 5 rings (SSSR count). The van der Waals surface area contributed by atoms with Crippen LogP contribution in [0.25, 0.3) is 10.8 Å². The standard InChI is InChI=1S/C33H28N2O4S/c1-38-28-16-9-17-29(39-2)30(28)32(36)34-25-14-8-15-27(21-25)40-31(23-11-4-3-5-12-23)33(37)35-26-19-18-22-10-6-7-13-24(22)20-26/h3-21,31H,1-2H3,(H,34,36)(H,35,37). The fraction of sp³-hybridized carbons (Fsp3) is 0.0909. The molecule has 0 aliphatic heterocycles. The Morgan fingerprint density at radius 3 is 2.02 bits per heavy atom. The second-order valence-corrected chi connectivity index (χ2v) is 10.2. The van der Waals surface area contributed by atoms with Gasteiger partial charge in [0, 0.05) is 16.3 Å². The maximum absolute atomic E-state index is 13.6. The number of anilines is 2. The molecule has 0 heterocycles. The average molecular weight is 549 g/mol. The average Bonchev–Trinajstić information content (AvgIpc) is 2.99. The van der Waals surface area contributed by atoms with E-state index in [0.717, 1.165) is 26.9 Å². The number of fused-ring (bicyclic) bond motifs is 1. The minimum atomic E-state index is -0.520. The van der Waals surface area contributed by atoms with Gasteiger partial charge in [-0.1, -0.05) is 72.8 Å². The number of thioether (sulfide) groups is 1. The van der Waals surface area contributed by atoms with Gasteiger partial charge < -0.3 is 20.1 Å². The molecule has 7 heteroatoms. The van der Waals surface area contributed by atoms with Crippen molar-refractivity contribution in [3.05, 3.63) is 126 Å². The summed E-state index contributed by atoms with van der Waals surface area (Å²) >= 11 is 1.41. The molecule has 0 aromatic heterocycles. The summed E-state index contributed by atoms with van der Waals surface area (Å²) in [6, 6.07) is 36.2. The lowest BCUT2D eigenvalue weighted by Crippen LogP contribution is -2.19. The van der Waals surface area contributed by atoms with Crippen LogP contribution in [0.2, 0.25) is 0 Å². The fourth-order valence-corrected chi connectivity index (χ4v) is 5.51. The number of carbonyl (C=O) groups excluding carboxylic acids is 2. The van der Waals surface area contributed by atoms with Crippen LogP contribution in [0.15, 0.2) is 120 Å². The van der Waals surface area contributed by atoms with Crippen molar-refractivity contribution in [1.82, 2.24) is 0 Å². The van der Waals surface area contributed by atoms with Crippen LogP contribution in [0, 0.1) is 0 Å². The molecule has 6 nitrogen and oxygen atoms in total. The van der Waals surface area contributed by atoms with Gasteiger partial charge in [0.05, 0.1) is 14.2 Å². The number of rotatable bonds is 9. The Kier molecular flexibility index (Phi) is 8.32. The summed E-state index contributed by atoms with van der Waals surface area (Å²) in [6.07, 6.45) is 0. The lowest BCUT2D eigenvalue weighted by Gasteiger charge is -2.18. The molecule has 0 spiro atoms. The summed E-state index contributed by atoms with van der Waals surface area (Å²) in [5.74, 6) is 0.332. The number of benzene rings is 5. The normalized spacial score (nSPS) is 11.4. The Morgan fingerprint density at radius 2 is 1.30 bits per heavy atom. The van der Waals surface area contributed by atoms with Crippen molar-refractivity contribution in [2.75, 3.05) is 24.9 Å². The van der Waals surface area contributed by atoms with Gasteiger partial charge in [0.15, 0.2) is 0 Å². The van der Waals surface area contributed by atoms with E-state index in [0.29, 0.717) is 22.7 Å². The lowest BCUT2D eigenvalue weighted by molar-refractivity contribution is -0.115. The third-order valence-corrected chi connectivity index (χ3v) is 7.61. The maximum Gasteiger partial charge on any atom is 0.263 e. The molecule has 0 fully saturated rings. The molecule has 1 atom stereocenters. The number of ether oxygens (including phenoxy) is 2. The minimum Gasteiger partial charge on any atom is -0.496 e. The van der Waals surface area contributed by atoms with Gasteiger partial charge in [-0.3, -0.25) is 9.59 Å². The second-order valence-electron chi connectivity index (χ2n) is 8.98. The highest BCUT2D eigenvalue weighted by Crippen LogP contribution is 2.38. The molecule has 0 aliphatic rings. The summed E-state index contributed by atoms with van der Waals surface area (Å²) in [4.78, 5) is 27.6. The topological polar surface area (TPSA) is 76.7 Å². The SMILES string of the molecule is COc1cccc(OC)c1C(=O)Nc1cccc(SC(C(=O)Nc2ccc3ccccc3c2)c2ccccc2)c1. The lowest BCUT2D eigenvalue weighted by atomic mass is 10.1. The Balaban J connectivity index is 1.38. The van der Waals surface area contributed by atoms with Crippen LogP contribution in [0.4, 0.5) is 11.4 Å². The fourth-order valence-electron chi connectivity index (χ4n) is 4.43. The predicted octanol–water partition coefficient (Wildman–Crippen LogP) is 7.58. The quantitative estimate of drug-likeness (QED) is 0.186. The van der Waals surface area contributed by atoms with Gasteiger partial charge in [0.1, 0.15) is 22.3 Å². The number of carbonyl (C=O) groups is 2. The van der Waals surface area contributed by atoms with Gasteiger partial charge >= 0.3 is 0 Å². The van der Waals surface area contributed by atoms with Crippen LogP contribution in [0.1, 0.15) is 21.2 Å². The maximum atomic E-state index is 13.6. The van der Waals surface area contributed by atoms with E-state index >= 15 is 0 Å². The van der Waals surface area contributed by atoms with E-state index in [9.17, 15) is 9.59 Å². The molecule has 2 amide bonds. The van der Waals surface area contributed by atoms with E-state index < -0.39 is 5.25 Å². The van der Waals surface area contributed by atoms with Crippen LogP contribution in [0.3, 0.4) is 0 Å².